The van der Waals surface area contributed by atoms with Crippen LogP contribution in [-0.2, 0) is 10.0 Å². The molecule has 100 valence electrons. The molecule has 18 heavy (non-hydrogen) atoms. The van der Waals surface area contributed by atoms with Crippen LogP contribution in [0.4, 0.5) is 5.69 Å². The summed E-state index contributed by atoms with van der Waals surface area (Å²) in [6, 6.07) is 6.38. The predicted molar refractivity (Wildman–Crippen MR) is 72.2 cm³/mol. The van der Waals surface area contributed by atoms with E-state index in [2.05, 4.69) is 4.72 Å². The first-order chi connectivity index (χ1) is 8.35. The van der Waals surface area contributed by atoms with Crippen molar-refractivity contribution in [3.8, 4) is 0 Å². The highest BCUT2D eigenvalue weighted by molar-refractivity contribution is 7.92. The van der Waals surface area contributed by atoms with Crippen molar-refractivity contribution in [1.82, 2.24) is 4.90 Å². The molecule has 0 aromatic heterocycles. The van der Waals surface area contributed by atoms with Gasteiger partial charge in [0.2, 0.25) is 10.0 Å². The third kappa shape index (κ3) is 4.03. The summed E-state index contributed by atoms with van der Waals surface area (Å²) in [6.45, 7) is 1.80. The molecule has 1 rings (SSSR count). The molecule has 0 unspecified atom stereocenters. The lowest BCUT2D eigenvalue weighted by Crippen LogP contribution is -2.21. The number of carbonyl (C=O) groups excluding carboxylic acids is 1. The number of rotatable bonds is 5. The average Bonchev–Trinajstić information content (AvgIpc) is 2.28. The summed E-state index contributed by atoms with van der Waals surface area (Å²) in [5.41, 5.74) is 0.997. The second kappa shape index (κ2) is 5.86. The summed E-state index contributed by atoms with van der Waals surface area (Å²) >= 11 is 0. The minimum Gasteiger partial charge on any atom is -0.345 e. The molecule has 0 spiro atoms. The normalized spacial score (nSPS) is 11.1. The zero-order chi connectivity index (χ0) is 13.8. The molecule has 6 heteroatoms. The van der Waals surface area contributed by atoms with Crippen LogP contribution in [0, 0.1) is 0 Å². The fourth-order valence-corrected chi connectivity index (χ4v) is 2.57. The monoisotopic (exact) mass is 270 g/mol. The van der Waals surface area contributed by atoms with Gasteiger partial charge in [-0.2, -0.15) is 0 Å². The summed E-state index contributed by atoms with van der Waals surface area (Å²) in [6.07, 6.45) is 0.562. The van der Waals surface area contributed by atoms with E-state index < -0.39 is 10.0 Å². The average molecular weight is 270 g/mol. The van der Waals surface area contributed by atoms with E-state index in [1.165, 1.54) is 4.90 Å². The Morgan fingerprint density at radius 3 is 2.22 bits per heavy atom. The first-order valence-corrected chi connectivity index (χ1v) is 7.33. The fourth-order valence-electron chi connectivity index (χ4n) is 1.44. The number of hydrogen-bond donors (Lipinski definition) is 1. The van der Waals surface area contributed by atoms with Crippen molar-refractivity contribution >= 4 is 21.6 Å². The molecule has 0 atom stereocenters. The molecule has 0 fully saturated rings. The van der Waals surface area contributed by atoms with Crippen molar-refractivity contribution in [3.05, 3.63) is 29.8 Å². The van der Waals surface area contributed by atoms with Gasteiger partial charge < -0.3 is 4.90 Å². The van der Waals surface area contributed by atoms with E-state index in [9.17, 15) is 13.2 Å². The minimum absolute atomic E-state index is 0.0887. The van der Waals surface area contributed by atoms with Crippen molar-refractivity contribution in [2.24, 2.45) is 0 Å². The van der Waals surface area contributed by atoms with Crippen LogP contribution in [0.5, 0.6) is 0 Å². The molecule has 0 heterocycles. The Morgan fingerprint density at radius 1 is 1.22 bits per heavy atom. The van der Waals surface area contributed by atoms with Gasteiger partial charge in [0.05, 0.1) is 5.75 Å². The zero-order valence-electron chi connectivity index (χ0n) is 10.8. The van der Waals surface area contributed by atoms with Crippen molar-refractivity contribution in [2.75, 3.05) is 24.6 Å². The van der Waals surface area contributed by atoms with Gasteiger partial charge in [-0.05, 0) is 30.7 Å². The molecule has 1 aromatic rings. The molecule has 0 radical (unpaired) electrons. The van der Waals surface area contributed by atoms with Gasteiger partial charge in [-0.3, -0.25) is 9.52 Å². The smallest absolute Gasteiger partial charge is 0.253 e. The van der Waals surface area contributed by atoms with Gasteiger partial charge in [0, 0.05) is 25.3 Å². The summed E-state index contributed by atoms with van der Waals surface area (Å²) in [5, 5.41) is 0. The van der Waals surface area contributed by atoms with Crippen LogP contribution in [0.1, 0.15) is 23.7 Å². The fraction of sp³-hybridized carbons (Fsp3) is 0.417. The third-order valence-electron chi connectivity index (χ3n) is 2.28. The van der Waals surface area contributed by atoms with Gasteiger partial charge in [-0.25, -0.2) is 8.42 Å². The summed E-state index contributed by atoms with van der Waals surface area (Å²) in [5.74, 6) is -0.0243. The van der Waals surface area contributed by atoms with Crippen LogP contribution in [0.15, 0.2) is 24.3 Å². The lowest BCUT2D eigenvalue weighted by Gasteiger charge is -2.11. The van der Waals surface area contributed by atoms with Crippen LogP contribution in [0.3, 0.4) is 0 Å². The Balaban J connectivity index is 2.81. The van der Waals surface area contributed by atoms with E-state index in [1.807, 2.05) is 0 Å². The largest absolute Gasteiger partial charge is 0.345 e. The van der Waals surface area contributed by atoms with Gasteiger partial charge in [-0.15, -0.1) is 0 Å². The number of nitrogens with one attached hydrogen (secondary N) is 1. The predicted octanol–water partition coefficient (Wildman–Crippen LogP) is 1.54. The Labute approximate surface area is 108 Å². The molecule has 1 amide bonds. The lowest BCUT2D eigenvalue weighted by molar-refractivity contribution is 0.0827. The van der Waals surface area contributed by atoms with E-state index in [4.69, 9.17) is 0 Å². The first-order valence-electron chi connectivity index (χ1n) is 5.68. The Bertz CT molecular complexity index is 507. The quantitative estimate of drug-likeness (QED) is 0.882. The molecule has 0 saturated heterocycles. The van der Waals surface area contributed by atoms with Crippen molar-refractivity contribution in [3.63, 3.8) is 0 Å². The van der Waals surface area contributed by atoms with Crippen LogP contribution in [0.2, 0.25) is 0 Å². The van der Waals surface area contributed by atoms with Crippen LogP contribution >= 0.6 is 0 Å². The van der Waals surface area contributed by atoms with Crippen LogP contribution in [-0.4, -0.2) is 39.1 Å². The van der Waals surface area contributed by atoms with E-state index in [0.717, 1.165) is 0 Å². The molecule has 1 aromatic carbocycles. The van der Waals surface area contributed by atoms with Crippen LogP contribution < -0.4 is 4.72 Å². The maximum Gasteiger partial charge on any atom is 0.253 e. The second-order valence-corrected chi connectivity index (χ2v) is 6.04. The summed E-state index contributed by atoms with van der Waals surface area (Å²) in [4.78, 5) is 13.1. The molecular formula is C12H18N2O3S. The molecule has 1 N–H and O–H groups in total. The Morgan fingerprint density at radius 2 is 1.78 bits per heavy atom. The van der Waals surface area contributed by atoms with E-state index in [0.29, 0.717) is 17.7 Å². The highest BCUT2D eigenvalue weighted by atomic mass is 32.2. The standard InChI is InChI=1S/C12H18N2O3S/c1-4-9-18(16,17)13-11-7-5-10(6-8-11)12(15)14(2)3/h5-8,13H,4,9H2,1-3H3. The van der Waals surface area contributed by atoms with E-state index in [1.54, 1.807) is 45.3 Å². The highest BCUT2D eigenvalue weighted by Gasteiger charge is 2.10. The molecule has 0 aliphatic carbocycles. The second-order valence-electron chi connectivity index (χ2n) is 4.20. The number of carbonyl (C=O) groups is 1. The third-order valence-corrected chi connectivity index (χ3v) is 3.78. The number of amides is 1. The maximum absolute atomic E-state index is 11.6. The molecule has 0 saturated carbocycles. The van der Waals surface area contributed by atoms with E-state index in [-0.39, 0.29) is 11.7 Å². The SMILES string of the molecule is CCCS(=O)(=O)Nc1ccc(C(=O)N(C)C)cc1. The van der Waals surface area contributed by atoms with Gasteiger partial charge in [0.1, 0.15) is 0 Å². The number of anilines is 1. The lowest BCUT2D eigenvalue weighted by atomic mass is 10.2. The summed E-state index contributed by atoms with van der Waals surface area (Å²) < 4.78 is 25.5. The number of sulfonamides is 1. The molecular weight excluding hydrogens is 252 g/mol. The first kappa shape index (κ1) is 14.5. The van der Waals surface area contributed by atoms with Gasteiger partial charge in [0.15, 0.2) is 0 Å². The van der Waals surface area contributed by atoms with Crippen LogP contribution in [0.25, 0.3) is 0 Å². The van der Waals surface area contributed by atoms with Crippen molar-refractivity contribution in [2.45, 2.75) is 13.3 Å². The summed E-state index contributed by atoms with van der Waals surface area (Å²) in [7, 11) is 0.0543. The number of nitrogens with zero attached hydrogens (tertiary/aromatic N) is 1. The zero-order valence-corrected chi connectivity index (χ0v) is 11.6. The van der Waals surface area contributed by atoms with Crippen molar-refractivity contribution < 1.29 is 13.2 Å². The molecule has 5 nitrogen and oxygen atoms in total. The van der Waals surface area contributed by atoms with Crippen molar-refractivity contribution in [1.29, 1.82) is 0 Å². The van der Waals surface area contributed by atoms with Gasteiger partial charge in [0.25, 0.3) is 5.91 Å². The Hall–Kier alpha value is -1.56. The Kier molecular flexibility index (Phi) is 4.72. The number of benzene rings is 1. The van der Waals surface area contributed by atoms with Gasteiger partial charge in [-0.1, -0.05) is 6.92 Å². The molecule has 0 aliphatic rings. The minimum atomic E-state index is -3.28. The number of hydrogen-bond acceptors (Lipinski definition) is 3. The van der Waals surface area contributed by atoms with E-state index >= 15 is 0 Å². The molecule has 0 aliphatic heterocycles. The topological polar surface area (TPSA) is 66.5 Å². The van der Waals surface area contributed by atoms with Gasteiger partial charge >= 0.3 is 0 Å². The highest BCUT2D eigenvalue weighted by Crippen LogP contribution is 2.12. The molecule has 0 bridgehead atoms. The maximum atomic E-state index is 11.6.